The van der Waals surface area contributed by atoms with Crippen molar-refractivity contribution in [1.82, 2.24) is 25.0 Å². The minimum Gasteiger partial charge on any atom is -0.332 e. The summed E-state index contributed by atoms with van der Waals surface area (Å²) in [4.78, 5) is 18.4. The van der Waals surface area contributed by atoms with Gasteiger partial charge < -0.3 is 10.2 Å². The van der Waals surface area contributed by atoms with Crippen LogP contribution in [0.4, 0.5) is 4.79 Å². The van der Waals surface area contributed by atoms with E-state index in [1.165, 1.54) is 0 Å². The number of nitrogens with one attached hydrogen (secondary N) is 1. The lowest BCUT2D eigenvalue weighted by Crippen LogP contribution is -2.36. The molecule has 0 spiro atoms. The summed E-state index contributed by atoms with van der Waals surface area (Å²) in [5, 5.41) is 10.4. The summed E-state index contributed by atoms with van der Waals surface area (Å²) in [5.74, 6) is 0.915. The predicted octanol–water partition coefficient (Wildman–Crippen LogP) is 2.70. The molecule has 2 heterocycles. The van der Waals surface area contributed by atoms with Crippen molar-refractivity contribution in [2.45, 2.75) is 32.7 Å². The first-order valence-corrected chi connectivity index (χ1v) is 9.60. The maximum atomic E-state index is 12.2. The number of carbonyl (C=O) groups is 1. The molecule has 0 saturated carbocycles. The van der Waals surface area contributed by atoms with Gasteiger partial charge >= 0.3 is 6.03 Å². The van der Waals surface area contributed by atoms with Crippen LogP contribution < -0.4 is 5.32 Å². The van der Waals surface area contributed by atoms with Crippen LogP contribution in [0.3, 0.4) is 0 Å². The Hall–Kier alpha value is -1.54. The van der Waals surface area contributed by atoms with Gasteiger partial charge in [0.1, 0.15) is 5.01 Å². The minimum atomic E-state index is -0.105. The molecule has 0 bridgehead atoms. The number of thiazole rings is 1. The van der Waals surface area contributed by atoms with E-state index < -0.39 is 0 Å². The lowest BCUT2D eigenvalue weighted by atomic mass is 10.2. The molecule has 0 saturated heterocycles. The van der Waals surface area contributed by atoms with Gasteiger partial charge in [0.2, 0.25) is 0 Å². The lowest BCUT2D eigenvalue weighted by molar-refractivity contribution is 0.206. The van der Waals surface area contributed by atoms with Crippen molar-refractivity contribution in [3.63, 3.8) is 0 Å². The van der Waals surface area contributed by atoms with Crippen LogP contribution in [0.1, 0.15) is 27.7 Å². The number of carbonyl (C=O) groups excluding carboxylic acids is 1. The van der Waals surface area contributed by atoms with Crippen molar-refractivity contribution in [3.05, 3.63) is 33.0 Å². The molecule has 0 fully saturated rings. The lowest BCUT2D eigenvalue weighted by Gasteiger charge is -2.18. The number of aromatic nitrogens is 3. The van der Waals surface area contributed by atoms with Gasteiger partial charge in [-0.1, -0.05) is 0 Å². The Labute approximate surface area is 145 Å². The molecule has 0 aliphatic carbocycles. The highest BCUT2D eigenvalue weighted by molar-refractivity contribution is 7.97. The molecular weight excluding hydrogens is 330 g/mol. The minimum absolute atomic E-state index is 0.105. The molecule has 2 rings (SSSR count). The van der Waals surface area contributed by atoms with Crippen LogP contribution in [0.2, 0.25) is 0 Å². The number of urea groups is 1. The highest BCUT2D eigenvalue weighted by Crippen LogP contribution is 2.16. The van der Waals surface area contributed by atoms with Crippen LogP contribution in [-0.2, 0) is 25.9 Å². The number of rotatable bonds is 6. The van der Waals surface area contributed by atoms with Gasteiger partial charge in [-0.25, -0.2) is 9.78 Å². The van der Waals surface area contributed by atoms with Gasteiger partial charge in [-0.3, -0.25) is 4.68 Å². The third kappa shape index (κ3) is 4.48. The van der Waals surface area contributed by atoms with Crippen LogP contribution in [0.5, 0.6) is 0 Å². The summed E-state index contributed by atoms with van der Waals surface area (Å²) in [6.07, 6.45) is 2.06. The molecule has 8 heteroatoms. The number of nitrogens with zero attached hydrogens (tertiary/aromatic N) is 4. The van der Waals surface area contributed by atoms with Gasteiger partial charge in [0.15, 0.2) is 0 Å². The summed E-state index contributed by atoms with van der Waals surface area (Å²) in [6, 6.07) is -0.105. The van der Waals surface area contributed by atoms with E-state index in [1.54, 1.807) is 35.0 Å². The van der Waals surface area contributed by atoms with Crippen molar-refractivity contribution in [2.24, 2.45) is 7.05 Å². The first kappa shape index (κ1) is 17.8. The summed E-state index contributed by atoms with van der Waals surface area (Å²) < 4.78 is 1.85. The van der Waals surface area contributed by atoms with E-state index in [1.807, 2.05) is 31.0 Å². The molecular formula is C15H23N5OS2. The van der Waals surface area contributed by atoms with Gasteiger partial charge in [0, 0.05) is 36.5 Å². The van der Waals surface area contributed by atoms with E-state index in [0.717, 1.165) is 33.4 Å². The maximum absolute atomic E-state index is 12.2. The smallest absolute Gasteiger partial charge is 0.317 e. The second-order valence-corrected chi connectivity index (χ2v) is 7.26. The zero-order valence-corrected chi connectivity index (χ0v) is 15.8. The van der Waals surface area contributed by atoms with Crippen LogP contribution in [0.15, 0.2) is 5.38 Å². The molecule has 2 aromatic rings. The second-order valence-electron chi connectivity index (χ2n) is 5.45. The van der Waals surface area contributed by atoms with Crippen molar-refractivity contribution in [1.29, 1.82) is 0 Å². The monoisotopic (exact) mass is 353 g/mol. The van der Waals surface area contributed by atoms with E-state index in [0.29, 0.717) is 13.1 Å². The third-order valence-electron chi connectivity index (χ3n) is 3.69. The molecule has 2 amide bonds. The fraction of sp³-hybridized carbons (Fsp3) is 0.533. The van der Waals surface area contributed by atoms with Gasteiger partial charge in [0.05, 0.1) is 24.5 Å². The molecule has 23 heavy (non-hydrogen) atoms. The van der Waals surface area contributed by atoms with Gasteiger partial charge in [-0.05, 0) is 20.1 Å². The van der Waals surface area contributed by atoms with Gasteiger partial charge in [-0.15, -0.1) is 11.3 Å². The number of aryl methyl sites for hydroxylation is 2. The molecule has 0 aromatic carbocycles. The number of thioether (sulfide) groups is 1. The maximum Gasteiger partial charge on any atom is 0.317 e. The predicted molar refractivity (Wildman–Crippen MR) is 95.7 cm³/mol. The van der Waals surface area contributed by atoms with Crippen molar-refractivity contribution in [2.75, 3.05) is 13.3 Å². The Morgan fingerprint density at radius 3 is 2.83 bits per heavy atom. The topological polar surface area (TPSA) is 63.1 Å². The Morgan fingerprint density at radius 1 is 1.48 bits per heavy atom. The van der Waals surface area contributed by atoms with Crippen molar-refractivity contribution >= 4 is 29.1 Å². The fourth-order valence-corrected chi connectivity index (χ4v) is 3.79. The standard InChI is InChI=1S/C15H23N5OS2/c1-10-13(11(2)20(4)18-10)7-19(3)15(21)16-6-12-8-23-14(17-12)9-22-5/h8H,6-7,9H2,1-5H3,(H,16,21). The molecule has 1 N–H and O–H groups in total. The zero-order valence-electron chi connectivity index (χ0n) is 14.2. The van der Waals surface area contributed by atoms with Gasteiger partial charge in [-0.2, -0.15) is 16.9 Å². The van der Waals surface area contributed by atoms with Crippen LogP contribution in [0, 0.1) is 13.8 Å². The number of hydrogen-bond acceptors (Lipinski definition) is 5. The summed E-state index contributed by atoms with van der Waals surface area (Å²) in [7, 11) is 3.71. The van der Waals surface area contributed by atoms with Crippen molar-refractivity contribution < 1.29 is 4.79 Å². The van der Waals surface area contributed by atoms with E-state index in [4.69, 9.17) is 0 Å². The highest BCUT2D eigenvalue weighted by atomic mass is 32.2. The average molecular weight is 354 g/mol. The van der Waals surface area contributed by atoms with Crippen LogP contribution in [0.25, 0.3) is 0 Å². The Morgan fingerprint density at radius 2 is 2.22 bits per heavy atom. The van der Waals surface area contributed by atoms with Crippen molar-refractivity contribution in [3.8, 4) is 0 Å². The molecule has 0 unspecified atom stereocenters. The number of amides is 2. The summed E-state index contributed by atoms with van der Waals surface area (Å²) in [5.41, 5.74) is 4.06. The van der Waals surface area contributed by atoms with E-state index in [-0.39, 0.29) is 6.03 Å². The van der Waals surface area contributed by atoms with Crippen LogP contribution in [-0.4, -0.2) is 39.0 Å². The first-order valence-electron chi connectivity index (χ1n) is 7.32. The fourth-order valence-electron chi connectivity index (χ4n) is 2.28. The molecule has 6 nitrogen and oxygen atoms in total. The Balaban J connectivity index is 1.89. The number of hydrogen-bond donors (Lipinski definition) is 1. The molecule has 2 aromatic heterocycles. The molecule has 0 aliphatic rings. The molecule has 0 aliphatic heterocycles. The van der Waals surface area contributed by atoms with E-state index >= 15 is 0 Å². The largest absolute Gasteiger partial charge is 0.332 e. The Bertz CT molecular complexity index is 679. The van der Waals surface area contributed by atoms with E-state index in [2.05, 4.69) is 21.7 Å². The molecule has 0 atom stereocenters. The van der Waals surface area contributed by atoms with Crippen LogP contribution >= 0.6 is 23.1 Å². The third-order valence-corrected chi connectivity index (χ3v) is 5.33. The normalized spacial score (nSPS) is 10.8. The molecule has 126 valence electrons. The first-order chi connectivity index (χ1) is 10.9. The highest BCUT2D eigenvalue weighted by Gasteiger charge is 2.15. The van der Waals surface area contributed by atoms with E-state index in [9.17, 15) is 4.79 Å². The zero-order chi connectivity index (χ0) is 17.0. The average Bonchev–Trinajstić information content (AvgIpc) is 3.05. The summed E-state index contributed by atoms with van der Waals surface area (Å²) in [6.45, 7) is 4.99. The van der Waals surface area contributed by atoms with Gasteiger partial charge in [0.25, 0.3) is 0 Å². The summed E-state index contributed by atoms with van der Waals surface area (Å²) >= 11 is 3.38. The SMILES string of the molecule is CSCc1nc(CNC(=O)N(C)Cc2c(C)nn(C)c2C)cs1. The second kappa shape index (κ2) is 7.83. The Kier molecular flexibility index (Phi) is 6.06. The molecule has 0 radical (unpaired) electrons. The quantitative estimate of drug-likeness (QED) is 0.867.